The first-order chi connectivity index (χ1) is 12.3. The lowest BCUT2D eigenvalue weighted by molar-refractivity contribution is 0.517. The number of hydrogen-bond donors (Lipinski definition) is 2. The normalized spacial score (nSPS) is 10.8. The number of nitrogens with zero attached hydrogens (tertiary/aromatic N) is 4. The lowest BCUT2D eigenvalue weighted by atomic mass is 10.3. The first-order valence-electron chi connectivity index (χ1n) is 7.55. The Hall–Kier alpha value is -3.55. The lowest BCUT2D eigenvalue weighted by Gasteiger charge is -2.10. The Morgan fingerprint density at radius 1 is 1.00 bits per heavy atom. The lowest BCUT2D eigenvalue weighted by Crippen LogP contribution is -2.07. The molecule has 0 aliphatic carbocycles. The molecule has 2 N–H and O–H groups in total. The van der Waals surface area contributed by atoms with E-state index in [0.717, 1.165) is 5.76 Å². The molecule has 0 saturated carbocycles. The van der Waals surface area contributed by atoms with Crippen molar-refractivity contribution in [2.45, 2.75) is 6.54 Å². The molecule has 0 spiro atoms. The van der Waals surface area contributed by atoms with E-state index in [1.165, 1.54) is 12.1 Å². The Balaban J connectivity index is 1.66. The van der Waals surface area contributed by atoms with Crippen LogP contribution in [0.2, 0.25) is 0 Å². The molecule has 0 bridgehead atoms. The molecule has 0 unspecified atom stereocenters. The third kappa shape index (κ3) is 3.37. The maximum absolute atomic E-state index is 13.1. The predicted molar refractivity (Wildman–Crippen MR) is 90.8 cm³/mol. The average Bonchev–Trinajstić information content (AvgIpc) is 3.15. The van der Waals surface area contributed by atoms with Gasteiger partial charge in [0.05, 0.1) is 12.8 Å². The fraction of sp³-hybridized carbons (Fsp3) is 0.0588. The van der Waals surface area contributed by atoms with Crippen LogP contribution < -0.4 is 10.6 Å². The van der Waals surface area contributed by atoms with Gasteiger partial charge < -0.3 is 15.1 Å². The summed E-state index contributed by atoms with van der Waals surface area (Å²) >= 11 is 0. The Labute approximate surface area is 142 Å². The van der Waals surface area contributed by atoms with E-state index in [9.17, 15) is 4.39 Å². The number of nitrogens with one attached hydrogen (secondary N) is 2. The van der Waals surface area contributed by atoms with Crippen LogP contribution in [-0.4, -0.2) is 19.9 Å². The second-order valence-corrected chi connectivity index (χ2v) is 5.19. The van der Waals surface area contributed by atoms with Gasteiger partial charge >= 0.3 is 0 Å². The van der Waals surface area contributed by atoms with Gasteiger partial charge in [0.25, 0.3) is 0 Å². The van der Waals surface area contributed by atoms with Gasteiger partial charge in [-0.15, -0.1) is 0 Å². The summed E-state index contributed by atoms with van der Waals surface area (Å²) in [4.78, 5) is 17.3. The van der Waals surface area contributed by atoms with Crippen LogP contribution in [-0.2, 0) is 6.54 Å². The van der Waals surface area contributed by atoms with Crippen molar-refractivity contribution in [1.82, 2.24) is 19.9 Å². The molecule has 0 atom stereocenters. The Morgan fingerprint density at radius 2 is 1.84 bits per heavy atom. The molecule has 3 aromatic heterocycles. The van der Waals surface area contributed by atoms with Crippen molar-refractivity contribution in [3.05, 3.63) is 66.6 Å². The van der Waals surface area contributed by atoms with Crippen molar-refractivity contribution in [3.8, 4) is 0 Å². The number of rotatable bonds is 5. The highest BCUT2D eigenvalue weighted by Gasteiger charge is 2.10. The van der Waals surface area contributed by atoms with Crippen LogP contribution in [0.4, 0.5) is 21.8 Å². The Bertz CT molecular complexity index is 988. The standard InChI is InChI=1S/C17H13FN6O/c18-11-3-5-12(6-4-11)22-16-14-15(20-8-7-19-14)23-17(24-16)21-10-13-2-1-9-25-13/h1-9H,10H2,(H2,20,21,22,23,24). The predicted octanol–water partition coefficient (Wildman–Crippen LogP) is 3.51. The minimum Gasteiger partial charge on any atom is -0.467 e. The number of fused-ring (bicyclic) bond motifs is 1. The summed E-state index contributed by atoms with van der Waals surface area (Å²) in [6.07, 6.45) is 4.73. The average molecular weight is 336 g/mol. The van der Waals surface area contributed by atoms with Crippen molar-refractivity contribution in [1.29, 1.82) is 0 Å². The quantitative estimate of drug-likeness (QED) is 0.576. The fourth-order valence-corrected chi connectivity index (χ4v) is 2.28. The van der Waals surface area contributed by atoms with Gasteiger partial charge in [-0.1, -0.05) is 0 Å². The number of anilines is 3. The first kappa shape index (κ1) is 15.0. The van der Waals surface area contributed by atoms with E-state index >= 15 is 0 Å². The number of benzene rings is 1. The Kier molecular flexibility index (Phi) is 3.91. The molecule has 4 rings (SSSR count). The van der Waals surface area contributed by atoms with Gasteiger partial charge in [-0.05, 0) is 36.4 Å². The van der Waals surface area contributed by atoms with E-state index in [4.69, 9.17) is 4.42 Å². The summed E-state index contributed by atoms with van der Waals surface area (Å²) in [7, 11) is 0. The van der Waals surface area contributed by atoms with Crippen LogP contribution in [0.1, 0.15) is 5.76 Å². The van der Waals surface area contributed by atoms with Crippen molar-refractivity contribution < 1.29 is 8.81 Å². The van der Waals surface area contributed by atoms with Gasteiger partial charge in [-0.3, -0.25) is 0 Å². The third-order valence-corrected chi connectivity index (χ3v) is 3.44. The molecule has 124 valence electrons. The first-order valence-corrected chi connectivity index (χ1v) is 7.55. The van der Waals surface area contributed by atoms with Gasteiger partial charge in [0.1, 0.15) is 11.6 Å². The van der Waals surface area contributed by atoms with Crippen LogP contribution in [0.25, 0.3) is 11.2 Å². The topological polar surface area (TPSA) is 88.8 Å². The minimum absolute atomic E-state index is 0.307. The summed E-state index contributed by atoms with van der Waals surface area (Å²) in [5.74, 6) is 1.32. The van der Waals surface area contributed by atoms with Gasteiger partial charge in [-0.25, -0.2) is 14.4 Å². The third-order valence-electron chi connectivity index (χ3n) is 3.44. The molecule has 0 fully saturated rings. The summed E-state index contributed by atoms with van der Waals surface area (Å²) in [5, 5.41) is 6.21. The molecule has 0 aliphatic rings. The van der Waals surface area contributed by atoms with Crippen LogP contribution in [0.5, 0.6) is 0 Å². The van der Waals surface area contributed by atoms with Crippen LogP contribution in [0.3, 0.4) is 0 Å². The van der Waals surface area contributed by atoms with E-state index in [1.807, 2.05) is 12.1 Å². The summed E-state index contributed by atoms with van der Waals surface area (Å²) in [6.45, 7) is 0.439. The number of aromatic nitrogens is 4. The van der Waals surface area contributed by atoms with Crippen molar-refractivity contribution in [3.63, 3.8) is 0 Å². The number of furan rings is 1. The van der Waals surface area contributed by atoms with Crippen LogP contribution in [0, 0.1) is 5.82 Å². The minimum atomic E-state index is -0.307. The number of halogens is 1. The fourth-order valence-electron chi connectivity index (χ4n) is 2.28. The van der Waals surface area contributed by atoms with Gasteiger partial charge in [0, 0.05) is 18.1 Å². The van der Waals surface area contributed by atoms with Gasteiger partial charge in [0.15, 0.2) is 17.0 Å². The van der Waals surface area contributed by atoms with E-state index in [0.29, 0.717) is 35.2 Å². The molecular formula is C17H13FN6O. The molecule has 0 aliphatic heterocycles. The molecule has 7 nitrogen and oxygen atoms in total. The summed E-state index contributed by atoms with van der Waals surface area (Å²) < 4.78 is 18.4. The highest BCUT2D eigenvalue weighted by molar-refractivity contribution is 5.85. The molecule has 1 aromatic carbocycles. The second-order valence-electron chi connectivity index (χ2n) is 5.19. The molecule has 8 heteroatoms. The molecule has 0 amide bonds. The molecule has 0 saturated heterocycles. The monoisotopic (exact) mass is 336 g/mol. The molecule has 25 heavy (non-hydrogen) atoms. The number of hydrogen-bond acceptors (Lipinski definition) is 7. The van der Waals surface area contributed by atoms with E-state index in [1.54, 1.807) is 30.8 Å². The van der Waals surface area contributed by atoms with E-state index in [2.05, 4.69) is 30.6 Å². The van der Waals surface area contributed by atoms with Crippen molar-refractivity contribution in [2.75, 3.05) is 10.6 Å². The molecular weight excluding hydrogens is 323 g/mol. The van der Waals surface area contributed by atoms with Crippen molar-refractivity contribution in [2.24, 2.45) is 0 Å². The Morgan fingerprint density at radius 3 is 2.64 bits per heavy atom. The zero-order chi connectivity index (χ0) is 17.1. The molecule has 0 radical (unpaired) electrons. The molecule has 3 heterocycles. The highest BCUT2D eigenvalue weighted by atomic mass is 19.1. The van der Waals surface area contributed by atoms with Gasteiger partial charge in [0.2, 0.25) is 5.95 Å². The largest absolute Gasteiger partial charge is 0.467 e. The summed E-state index contributed by atoms with van der Waals surface area (Å²) in [5.41, 5.74) is 1.66. The van der Waals surface area contributed by atoms with Crippen molar-refractivity contribution >= 4 is 28.6 Å². The van der Waals surface area contributed by atoms with E-state index in [-0.39, 0.29) is 5.82 Å². The maximum atomic E-state index is 13.1. The SMILES string of the molecule is Fc1ccc(Nc2nc(NCc3ccco3)nc3nccnc23)cc1. The zero-order valence-corrected chi connectivity index (χ0v) is 13.0. The van der Waals surface area contributed by atoms with E-state index < -0.39 is 0 Å². The summed E-state index contributed by atoms with van der Waals surface area (Å²) in [6, 6.07) is 9.64. The smallest absolute Gasteiger partial charge is 0.227 e. The molecule has 4 aromatic rings. The maximum Gasteiger partial charge on any atom is 0.227 e. The van der Waals surface area contributed by atoms with Crippen LogP contribution >= 0.6 is 0 Å². The van der Waals surface area contributed by atoms with Gasteiger partial charge in [-0.2, -0.15) is 9.97 Å². The zero-order valence-electron chi connectivity index (χ0n) is 13.0. The van der Waals surface area contributed by atoms with Crippen LogP contribution in [0.15, 0.2) is 59.5 Å². The second kappa shape index (κ2) is 6.52. The highest BCUT2D eigenvalue weighted by Crippen LogP contribution is 2.22.